The molecule has 0 radical (unpaired) electrons. The van der Waals surface area contributed by atoms with Crippen LogP contribution in [-0.2, 0) is 12.4 Å². The molecule has 4 N–H and O–H groups in total. The Morgan fingerprint density at radius 3 is 2.26 bits per heavy atom. The summed E-state index contributed by atoms with van der Waals surface area (Å²) in [6.45, 7) is 0. The van der Waals surface area contributed by atoms with E-state index in [0.717, 1.165) is 18.3 Å². The van der Waals surface area contributed by atoms with Gasteiger partial charge in [-0.3, -0.25) is 14.6 Å². The van der Waals surface area contributed by atoms with E-state index in [9.17, 15) is 35.9 Å². The second-order valence-electron chi connectivity index (χ2n) is 5.84. The first-order valence-corrected chi connectivity index (χ1v) is 8.26. The Morgan fingerprint density at radius 2 is 1.68 bits per heavy atom. The number of hydrogen-bond donors (Lipinski definition) is 3. The van der Waals surface area contributed by atoms with Crippen molar-refractivity contribution in [1.82, 2.24) is 19.9 Å². The quantitative estimate of drug-likeness (QED) is 0.505. The van der Waals surface area contributed by atoms with Gasteiger partial charge in [0.1, 0.15) is 17.1 Å². The molecule has 0 fully saturated rings. The van der Waals surface area contributed by atoms with Crippen LogP contribution in [0.15, 0.2) is 34.0 Å². The van der Waals surface area contributed by atoms with Gasteiger partial charge >= 0.3 is 12.4 Å². The van der Waals surface area contributed by atoms with Crippen LogP contribution in [0, 0.1) is 0 Å². The van der Waals surface area contributed by atoms with Crippen molar-refractivity contribution in [1.29, 1.82) is 0 Å². The van der Waals surface area contributed by atoms with Gasteiger partial charge in [0.25, 0.3) is 11.1 Å². The third kappa shape index (κ3) is 4.63. The zero-order valence-electron chi connectivity index (χ0n) is 14.7. The lowest BCUT2D eigenvalue weighted by Gasteiger charge is -2.15. The summed E-state index contributed by atoms with van der Waals surface area (Å²) >= 11 is 5.45. The van der Waals surface area contributed by atoms with Crippen LogP contribution >= 0.6 is 11.6 Å². The highest BCUT2D eigenvalue weighted by Gasteiger charge is 2.40. The number of benzene rings is 1. The summed E-state index contributed by atoms with van der Waals surface area (Å²) < 4.78 is 84.2. The average molecular weight is 468 g/mol. The fourth-order valence-electron chi connectivity index (χ4n) is 2.36. The van der Waals surface area contributed by atoms with E-state index in [2.05, 4.69) is 9.97 Å². The van der Waals surface area contributed by atoms with E-state index in [1.807, 2.05) is 9.97 Å². The third-order valence-corrected chi connectivity index (χ3v) is 4.01. The van der Waals surface area contributed by atoms with Crippen molar-refractivity contribution in [3.8, 4) is 22.9 Å². The van der Waals surface area contributed by atoms with Crippen molar-refractivity contribution in [2.75, 3.05) is 5.73 Å². The SMILES string of the molecule is Nc1ncc(-c2nc(C(F)(F)F)c(Oc3ccc(Cl)c(C(F)(F)F)c3)c(=O)[nH]2)c(=O)[nH]1. The Morgan fingerprint density at radius 1 is 1.00 bits per heavy atom. The van der Waals surface area contributed by atoms with Crippen LogP contribution in [0.1, 0.15) is 11.3 Å². The van der Waals surface area contributed by atoms with Crippen molar-refractivity contribution in [3.63, 3.8) is 0 Å². The summed E-state index contributed by atoms with van der Waals surface area (Å²) in [4.78, 5) is 34.8. The first kappa shape index (κ1) is 22.1. The number of ether oxygens (including phenoxy) is 1. The minimum absolute atomic E-state index is 0.324. The smallest absolute Gasteiger partial charge is 0.437 e. The normalized spacial score (nSPS) is 12.1. The zero-order chi connectivity index (χ0) is 23.1. The van der Waals surface area contributed by atoms with Gasteiger partial charge in [0, 0.05) is 6.20 Å². The minimum Gasteiger partial charge on any atom is -0.449 e. The molecule has 0 bridgehead atoms. The molecule has 0 spiro atoms. The van der Waals surface area contributed by atoms with Crippen LogP contribution in [0.25, 0.3) is 11.4 Å². The predicted octanol–water partition coefficient (Wildman–Crippen LogP) is 3.59. The summed E-state index contributed by atoms with van der Waals surface area (Å²) in [6.07, 6.45) is -9.42. The maximum atomic E-state index is 13.5. The zero-order valence-corrected chi connectivity index (χ0v) is 15.4. The molecule has 164 valence electrons. The molecule has 31 heavy (non-hydrogen) atoms. The van der Waals surface area contributed by atoms with Gasteiger partial charge in [0.2, 0.25) is 5.75 Å². The predicted molar refractivity (Wildman–Crippen MR) is 94.7 cm³/mol. The van der Waals surface area contributed by atoms with Crippen LogP contribution in [0.4, 0.5) is 32.3 Å². The number of halogens is 7. The lowest BCUT2D eigenvalue weighted by atomic mass is 10.2. The van der Waals surface area contributed by atoms with Crippen molar-refractivity contribution < 1.29 is 31.1 Å². The Hall–Kier alpha value is -3.55. The van der Waals surface area contributed by atoms with E-state index >= 15 is 0 Å². The molecule has 2 heterocycles. The van der Waals surface area contributed by atoms with Crippen LogP contribution < -0.4 is 21.6 Å². The highest BCUT2D eigenvalue weighted by Crippen LogP contribution is 2.39. The van der Waals surface area contributed by atoms with E-state index in [4.69, 9.17) is 22.1 Å². The number of alkyl halides is 6. The molecule has 0 aliphatic carbocycles. The molecule has 0 saturated heterocycles. The topological polar surface area (TPSA) is 127 Å². The molecule has 0 aliphatic rings. The first-order valence-electron chi connectivity index (χ1n) is 7.88. The van der Waals surface area contributed by atoms with Crippen molar-refractivity contribution in [2.24, 2.45) is 0 Å². The monoisotopic (exact) mass is 467 g/mol. The second-order valence-corrected chi connectivity index (χ2v) is 6.25. The molecule has 0 aliphatic heterocycles. The van der Waals surface area contributed by atoms with E-state index in [0.29, 0.717) is 6.07 Å². The number of aromatic amines is 2. The largest absolute Gasteiger partial charge is 0.449 e. The molecule has 0 amide bonds. The maximum Gasteiger partial charge on any atom is 0.437 e. The molecule has 0 atom stereocenters. The molecular formula is C16H8ClF6N5O3. The maximum absolute atomic E-state index is 13.5. The highest BCUT2D eigenvalue weighted by atomic mass is 35.5. The van der Waals surface area contributed by atoms with Gasteiger partial charge in [-0.15, -0.1) is 0 Å². The number of nitrogens with zero attached hydrogens (tertiary/aromatic N) is 2. The molecule has 3 aromatic rings. The molecule has 3 rings (SSSR count). The lowest BCUT2D eigenvalue weighted by molar-refractivity contribution is -0.142. The van der Waals surface area contributed by atoms with Gasteiger partial charge in [-0.1, -0.05) is 11.6 Å². The van der Waals surface area contributed by atoms with Crippen LogP contribution in [-0.4, -0.2) is 19.9 Å². The number of anilines is 1. The van der Waals surface area contributed by atoms with Gasteiger partial charge in [0.15, 0.2) is 11.6 Å². The van der Waals surface area contributed by atoms with Crippen molar-refractivity contribution >= 4 is 17.5 Å². The van der Waals surface area contributed by atoms with Gasteiger partial charge in [0.05, 0.1) is 10.6 Å². The highest BCUT2D eigenvalue weighted by molar-refractivity contribution is 6.31. The van der Waals surface area contributed by atoms with Gasteiger partial charge in [-0.05, 0) is 18.2 Å². The number of nitrogen functional groups attached to an aromatic ring is 1. The fraction of sp³-hybridized carbons (Fsp3) is 0.125. The Kier molecular flexibility index (Phi) is 5.43. The van der Waals surface area contributed by atoms with Gasteiger partial charge < -0.3 is 15.5 Å². The number of nitrogens with one attached hydrogen (secondary N) is 2. The molecule has 2 aromatic heterocycles. The van der Waals surface area contributed by atoms with Gasteiger partial charge in [-0.25, -0.2) is 9.97 Å². The summed E-state index contributed by atoms with van der Waals surface area (Å²) in [5, 5.41) is -0.728. The molecule has 0 unspecified atom stereocenters. The van der Waals surface area contributed by atoms with Crippen LogP contribution in [0.2, 0.25) is 5.02 Å². The minimum atomic E-state index is -5.27. The molecule has 8 nitrogen and oxygen atoms in total. The van der Waals surface area contributed by atoms with Crippen molar-refractivity contribution in [2.45, 2.75) is 12.4 Å². The van der Waals surface area contributed by atoms with Crippen LogP contribution in [0.5, 0.6) is 11.5 Å². The number of H-pyrrole nitrogens is 2. The molecule has 15 heteroatoms. The Labute approximate surface area is 171 Å². The Bertz CT molecular complexity index is 1270. The van der Waals surface area contributed by atoms with E-state index < -0.39 is 62.6 Å². The van der Waals surface area contributed by atoms with Crippen molar-refractivity contribution in [3.05, 3.63) is 61.4 Å². The van der Waals surface area contributed by atoms with Gasteiger partial charge in [-0.2, -0.15) is 26.3 Å². The fourth-order valence-corrected chi connectivity index (χ4v) is 2.58. The molecular weight excluding hydrogens is 460 g/mol. The summed E-state index contributed by atoms with van der Waals surface area (Å²) in [7, 11) is 0. The lowest BCUT2D eigenvalue weighted by Crippen LogP contribution is -2.23. The van der Waals surface area contributed by atoms with E-state index in [1.54, 1.807) is 0 Å². The Balaban J connectivity index is 2.16. The van der Waals surface area contributed by atoms with E-state index in [1.165, 1.54) is 0 Å². The standard InChI is InChI=1S/C16H8ClF6N5O3/c17-8-2-1-5(3-7(8)15(18,19)20)31-9-10(16(21,22)23)26-11(27-13(9)30)6-4-25-14(24)28-12(6)29/h1-4H,(H,26,27,30)(H3,24,25,28,29). The summed E-state index contributed by atoms with van der Waals surface area (Å²) in [5.41, 5.74) is -1.08. The first-order chi connectivity index (χ1) is 14.3. The molecule has 0 saturated carbocycles. The number of aromatic nitrogens is 4. The van der Waals surface area contributed by atoms with E-state index in [-0.39, 0.29) is 5.95 Å². The second kappa shape index (κ2) is 7.61. The summed E-state index contributed by atoms with van der Waals surface area (Å²) in [5.74, 6) is -3.35. The average Bonchev–Trinajstić information content (AvgIpc) is 2.63. The third-order valence-electron chi connectivity index (χ3n) is 3.68. The number of nitrogens with two attached hydrogens (primary N) is 1. The van der Waals surface area contributed by atoms with Crippen LogP contribution in [0.3, 0.4) is 0 Å². The molecule has 1 aromatic carbocycles. The number of hydrogen-bond acceptors (Lipinski definition) is 6. The summed E-state index contributed by atoms with van der Waals surface area (Å²) in [6, 6.07) is 1.90. The number of rotatable bonds is 3.